The Morgan fingerprint density at radius 2 is 1.93 bits per heavy atom. The summed E-state index contributed by atoms with van der Waals surface area (Å²) in [4.78, 5) is 27.5. The van der Waals surface area contributed by atoms with Crippen LogP contribution >= 0.6 is 11.8 Å². The third-order valence-corrected chi connectivity index (χ3v) is 6.43. The van der Waals surface area contributed by atoms with Gasteiger partial charge in [0.2, 0.25) is 5.91 Å². The van der Waals surface area contributed by atoms with Gasteiger partial charge in [0.15, 0.2) is 0 Å². The van der Waals surface area contributed by atoms with Crippen molar-refractivity contribution in [2.75, 3.05) is 18.2 Å². The van der Waals surface area contributed by atoms with Crippen molar-refractivity contribution in [3.05, 3.63) is 35.4 Å². The highest BCUT2D eigenvalue weighted by atomic mass is 32.2. The number of nitrogens with zero attached hydrogens (tertiary/aromatic N) is 1. The molecule has 2 amide bonds. The summed E-state index contributed by atoms with van der Waals surface area (Å²) in [5.74, 6) is 1.16. The lowest BCUT2D eigenvalue weighted by Gasteiger charge is -2.31. The Labute approximate surface area is 166 Å². The quantitative estimate of drug-likeness (QED) is 0.835. The van der Waals surface area contributed by atoms with Gasteiger partial charge in [-0.05, 0) is 49.4 Å². The average Bonchev–Trinajstić information content (AvgIpc) is 3.10. The van der Waals surface area contributed by atoms with E-state index in [1.54, 1.807) is 16.7 Å². The van der Waals surface area contributed by atoms with Crippen LogP contribution in [0.2, 0.25) is 0 Å². The molecule has 0 aliphatic carbocycles. The molecule has 3 atom stereocenters. The van der Waals surface area contributed by atoms with E-state index in [1.807, 2.05) is 24.3 Å². The zero-order valence-corrected chi connectivity index (χ0v) is 17.6. The van der Waals surface area contributed by atoms with Crippen LogP contribution < -0.4 is 10.6 Å². The van der Waals surface area contributed by atoms with Gasteiger partial charge < -0.3 is 15.5 Å². The van der Waals surface area contributed by atoms with Gasteiger partial charge in [-0.2, -0.15) is 0 Å². The molecular weight excluding hydrogens is 358 g/mol. The summed E-state index contributed by atoms with van der Waals surface area (Å²) in [7, 11) is 0. The number of hydrogen-bond acceptors (Lipinski definition) is 4. The Morgan fingerprint density at radius 1 is 1.22 bits per heavy atom. The first-order valence-corrected chi connectivity index (χ1v) is 10.9. The number of benzene rings is 1. The van der Waals surface area contributed by atoms with Gasteiger partial charge >= 0.3 is 0 Å². The molecule has 0 bridgehead atoms. The minimum absolute atomic E-state index is 0.0150. The van der Waals surface area contributed by atoms with Gasteiger partial charge in [-0.25, -0.2) is 0 Å². The molecule has 1 aromatic rings. The summed E-state index contributed by atoms with van der Waals surface area (Å²) in [5, 5.41) is 6.57. The van der Waals surface area contributed by atoms with Gasteiger partial charge in [0.1, 0.15) is 6.04 Å². The van der Waals surface area contributed by atoms with Crippen LogP contribution in [0, 0.1) is 0 Å². The number of hydrogen-bond donors (Lipinski definition) is 2. The van der Waals surface area contributed by atoms with Crippen LogP contribution in [-0.4, -0.2) is 53.0 Å². The summed E-state index contributed by atoms with van der Waals surface area (Å²) in [6.45, 7) is 9.53. The minimum Gasteiger partial charge on any atom is -0.351 e. The van der Waals surface area contributed by atoms with Crippen molar-refractivity contribution in [3.63, 3.8) is 0 Å². The normalized spacial score (nSPS) is 26.1. The topological polar surface area (TPSA) is 61.4 Å². The van der Waals surface area contributed by atoms with Crippen LogP contribution in [0.15, 0.2) is 24.3 Å². The second kappa shape index (κ2) is 8.23. The van der Waals surface area contributed by atoms with Gasteiger partial charge in [-0.1, -0.05) is 32.9 Å². The smallest absolute Gasteiger partial charge is 0.255 e. The predicted molar refractivity (Wildman–Crippen MR) is 111 cm³/mol. The molecule has 3 rings (SSSR count). The van der Waals surface area contributed by atoms with Crippen LogP contribution in [0.1, 0.15) is 56.5 Å². The Bertz CT molecular complexity index is 684. The summed E-state index contributed by atoms with van der Waals surface area (Å²) in [5.41, 5.74) is 1.91. The van der Waals surface area contributed by atoms with Crippen LogP contribution in [0.4, 0.5) is 0 Å². The third-order valence-electron chi connectivity index (χ3n) is 5.41. The van der Waals surface area contributed by atoms with E-state index in [1.165, 1.54) is 5.56 Å². The number of carbonyl (C=O) groups is 2. The fourth-order valence-corrected chi connectivity index (χ4v) is 4.85. The maximum atomic E-state index is 13.0. The van der Waals surface area contributed by atoms with Gasteiger partial charge in [0, 0.05) is 23.4 Å². The van der Waals surface area contributed by atoms with Gasteiger partial charge in [-0.15, -0.1) is 11.8 Å². The highest BCUT2D eigenvalue weighted by Crippen LogP contribution is 2.26. The van der Waals surface area contributed by atoms with E-state index in [0.717, 1.165) is 19.4 Å². The molecule has 2 fully saturated rings. The van der Waals surface area contributed by atoms with Gasteiger partial charge in [0.05, 0.1) is 5.88 Å². The summed E-state index contributed by atoms with van der Waals surface area (Å²) < 4.78 is 0. The summed E-state index contributed by atoms with van der Waals surface area (Å²) in [6, 6.07) is 8.03. The van der Waals surface area contributed by atoms with E-state index in [9.17, 15) is 9.59 Å². The van der Waals surface area contributed by atoms with Crippen molar-refractivity contribution in [3.8, 4) is 0 Å². The molecule has 0 aromatic heterocycles. The zero-order chi connectivity index (χ0) is 19.6. The van der Waals surface area contributed by atoms with E-state index in [4.69, 9.17) is 0 Å². The first-order valence-electron chi connectivity index (χ1n) is 9.78. The highest BCUT2D eigenvalue weighted by Gasteiger charge is 2.36. The van der Waals surface area contributed by atoms with Crippen molar-refractivity contribution in [1.82, 2.24) is 15.5 Å². The maximum absolute atomic E-state index is 13.0. The summed E-state index contributed by atoms with van der Waals surface area (Å²) >= 11 is 1.64. The molecule has 0 spiro atoms. The first kappa shape index (κ1) is 20.2. The lowest BCUT2D eigenvalue weighted by atomic mass is 9.86. The predicted octanol–water partition coefficient (Wildman–Crippen LogP) is 2.76. The van der Waals surface area contributed by atoms with Crippen molar-refractivity contribution >= 4 is 23.6 Å². The van der Waals surface area contributed by atoms with E-state index in [-0.39, 0.29) is 29.3 Å². The number of piperidine rings is 1. The Morgan fingerprint density at radius 3 is 2.56 bits per heavy atom. The Hall–Kier alpha value is -1.53. The highest BCUT2D eigenvalue weighted by molar-refractivity contribution is 7.99. The second-order valence-electron chi connectivity index (χ2n) is 8.70. The van der Waals surface area contributed by atoms with Crippen LogP contribution in [-0.2, 0) is 10.2 Å². The molecule has 2 saturated heterocycles. The fraction of sp³-hybridized carbons (Fsp3) is 0.619. The third kappa shape index (κ3) is 4.85. The van der Waals surface area contributed by atoms with E-state index in [2.05, 4.69) is 38.3 Å². The number of amides is 2. The van der Waals surface area contributed by atoms with Crippen LogP contribution in [0.5, 0.6) is 0 Å². The average molecular weight is 390 g/mol. The molecule has 0 radical (unpaired) electrons. The fourth-order valence-electron chi connectivity index (χ4n) is 3.70. The molecule has 2 aliphatic heterocycles. The maximum Gasteiger partial charge on any atom is 0.255 e. The lowest BCUT2D eigenvalue weighted by molar-refractivity contribution is -0.125. The molecule has 2 aliphatic rings. The largest absolute Gasteiger partial charge is 0.351 e. The molecule has 148 valence electrons. The Balaban J connectivity index is 1.66. The molecule has 5 nitrogen and oxygen atoms in total. The molecule has 1 aromatic carbocycles. The molecule has 0 saturated carbocycles. The summed E-state index contributed by atoms with van der Waals surface area (Å²) in [6.07, 6.45) is 1.88. The monoisotopic (exact) mass is 389 g/mol. The van der Waals surface area contributed by atoms with Crippen molar-refractivity contribution in [2.24, 2.45) is 0 Å². The molecule has 27 heavy (non-hydrogen) atoms. The molecule has 2 heterocycles. The lowest BCUT2D eigenvalue weighted by Crippen LogP contribution is -2.53. The van der Waals surface area contributed by atoms with Crippen molar-refractivity contribution < 1.29 is 9.59 Å². The van der Waals surface area contributed by atoms with Crippen LogP contribution in [0.25, 0.3) is 0 Å². The number of thioether (sulfide) groups is 1. The zero-order valence-electron chi connectivity index (χ0n) is 16.7. The molecule has 6 heteroatoms. The standard InChI is InChI=1S/C21H31N3O2S/c1-14-11-17(9-10-22-14)23-19(25)18-12-27-13-24(18)20(26)15-5-7-16(8-6-15)21(2,3)4/h5-8,14,17-18,22H,9-13H2,1-4H3,(H,23,25). The van der Waals surface area contributed by atoms with Gasteiger partial charge in [0.25, 0.3) is 5.91 Å². The van der Waals surface area contributed by atoms with Crippen molar-refractivity contribution in [1.29, 1.82) is 0 Å². The first-order chi connectivity index (χ1) is 12.8. The van der Waals surface area contributed by atoms with Crippen LogP contribution in [0.3, 0.4) is 0 Å². The SMILES string of the molecule is CC1CC(NC(=O)C2CSCN2C(=O)c2ccc(C(C)(C)C)cc2)CCN1. The Kier molecular flexibility index (Phi) is 6.16. The van der Waals surface area contributed by atoms with E-state index in [0.29, 0.717) is 23.2 Å². The number of carbonyl (C=O) groups excluding carboxylic acids is 2. The minimum atomic E-state index is -0.380. The number of rotatable bonds is 3. The molecule has 2 N–H and O–H groups in total. The van der Waals surface area contributed by atoms with Crippen molar-refractivity contribution in [2.45, 2.75) is 64.1 Å². The van der Waals surface area contributed by atoms with E-state index >= 15 is 0 Å². The van der Waals surface area contributed by atoms with Gasteiger partial charge in [-0.3, -0.25) is 9.59 Å². The molecular formula is C21H31N3O2S. The van der Waals surface area contributed by atoms with E-state index < -0.39 is 0 Å². The molecule has 3 unspecified atom stereocenters. The second-order valence-corrected chi connectivity index (χ2v) is 9.70. The number of nitrogens with one attached hydrogen (secondary N) is 2.